The Morgan fingerprint density at radius 3 is 2.44 bits per heavy atom. The molecule has 0 aromatic rings. The Morgan fingerprint density at radius 1 is 1.12 bits per heavy atom. The SMILES string of the molecule is C[C@@]12CCC[C@@](C)(C(=O)O)[C@H]1CC[C@@]13CC(=O)[C@](CO)(CC[C@@H]21)[C@H]3O. The highest BCUT2D eigenvalue weighted by atomic mass is 16.4. The van der Waals surface area contributed by atoms with Crippen LogP contribution in [0.2, 0.25) is 0 Å². The maximum Gasteiger partial charge on any atom is 0.309 e. The molecule has 0 amide bonds. The standard InChI is InChI=1S/C20H30O5/c1-17-6-3-7-18(2,16(24)25)12(17)4-8-19-10-14(22)20(11-21,15(19)23)9-5-13(17)19/h12-13,15,21,23H,3-11H2,1-2H3,(H,24,25)/t12-,13-,15-,17+,18+,19+,20+/m0/s1. The number of hydrogen-bond donors (Lipinski definition) is 3. The van der Waals surface area contributed by atoms with Gasteiger partial charge in [0, 0.05) is 11.8 Å². The lowest BCUT2D eigenvalue weighted by atomic mass is 9.40. The molecule has 7 atom stereocenters. The van der Waals surface area contributed by atoms with Crippen LogP contribution in [0, 0.1) is 33.5 Å². The lowest BCUT2D eigenvalue weighted by Crippen LogP contribution is -2.63. The summed E-state index contributed by atoms with van der Waals surface area (Å²) in [4.78, 5) is 24.8. The molecule has 4 fully saturated rings. The molecule has 5 nitrogen and oxygen atoms in total. The fourth-order valence-electron chi connectivity index (χ4n) is 7.84. The normalized spacial score (nSPS) is 54.7. The topological polar surface area (TPSA) is 94.8 Å². The summed E-state index contributed by atoms with van der Waals surface area (Å²) in [6, 6.07) is 0. The van der Waals surface area contributed by atoms with Crippen LogP contribution < -0.4 is 0 Å². The van der Waals surface area contributed by atoms with Crippen molar-refractivity contribution in [1.29, 1.82) is 0 Å². The highest BCUT2D eigenvalue weighted by Gasteiger charge is 2.73. The number of aliphatic carboxylic acids is 1. The van der Waals surface area contributed by atoms with Crippen LogP contribution in [0.5, 0.6) is 0 Å². The number of aliphatic hydroxyl groups is 2. The summed E-state index contributed by atoms with van der Waals surface area (Å²) in [5, 5.41) is 31.0. The van der Waals surface area contributed by atoms with Crippen molar-refractivity contribution >= 4 is 11.8 Å². The molecule has 140 valence electrons. The van der Waals surface area contributed by atoms with Crippen LogP contribution >= 0.6 is 0 Å². The van der Waals surface area contributed by atoms with E-state index in [0.29, 0.717) is 25.7 Å². The Hall–Kier alpha value is -0.940. The van der Waals surface area contributed by atoms with E-state index in [9.17, 15) is 24.9 Å². The lowest BCUT2D eigenvalue weighted by molar-refractivity contribution is -0.210. The van der Waals surface area contributed by atoms with Gasteiger partial charge >= 0.3 is 5.97 Å². The van der Waals surface area contributed by atoms with Gasteiger partial charge in [0.2, 0.25) is 0 Å². The molecule has 0 unspecified atom stereocenters. The average Bonchev–Trinajstić information content (AvgIpc) is 2.68. The van der Waals surface area contributed by atoms with Crippen molar-refractivity contribution in [3.05, 3.63) is 0 Å². The molecule has 25 heavy (non-hydrogen) atoms. The summed E-state index contributed by atoms with van der Waals surface area (Å²) in [5.74, 6) is -0.433. The van der Waals surface area contributed by atoms with Gasteiger partial charge in [-0.3, -0.25) is 9.59 Å². The molecule has 0 aromatic heterocycles. The maximum absolute atomic E-state index is 12.8. The zero-order chi connectivity index (χ0) is 18.3. The average molecular weight is 350 g/mol. The van der Waals surface area contributed by atoms with E-state index in [1.165, 1.54) is 0 Å². The van der Waals surface area contributed by atoms with E-state index in [0.717, 1.165) is 25.7 Å². The molecule has 0 saturated heterocycles. The van der Waals surface area contributed by atoms with Crippen LogP contribution in [-0.4, -0.2) is 39.8 Å². The summed E-state index contributed by atoms with van der Waals surface area (Å²) in [6.07, 6.45) is 4.94. The molecule has 0 aromatic carbocycles. The molecule has 0 heterocycles. The summed E-state index contributed by atoms with van der Waals surface area (Å²) < 4.78 is 0. The number of ketones is 1. The number of carboxylic acid groups (broad SMARTS) is 1. The van der Waals surface area contributed by atoms with Crippen LogP contribution in [-0.2, 0) is 9.59 Å². The summed E-state index contributed by atoms with van der Waals surface area (Å²) in [5.41, 5.74) is -2.30. The largest absolute Gasteiger partial charge is 0.481 e. The monoisotopic (exact) mass is 350 g/mol. The Kier molecular flexibility index (Phi) is 3.54. The van der Waals surface area contributed by atoms with E-state index in [1.807, 2.05) is 6.92 Å². The van der Waals surface area contributed by atoms with Crippen molar-refractivity contribution < 1.29 is 24.9 Å². The third kappa shape index (κ3) is 1.82. The Bertz CT molecular complexity index is 632. The third-order valence-corrected chi connectivity index (χ3v) is 9.13. The number of rotatable bonds is 2. The van der Waals surface area contributed by atoms with Crippen molar-refractivity contribution in [3.63, 3.8) is 0 Å². The van der Waals surface area contributed by atoms with Crippen LogP contribution in [0.25, 0.3) is 0 Å². The quantitative estimate of drug-likeness (QED) is 0.711. The molecule has 4 aliphatic carbocycles. The summed E-state index contributed by atoms with van der Waals surface area (Å²) in [7, 11) is 0. The molecule has 4 saturated carbocycles. The van der Waals surface area contributed by atoms with E-state index >= 15 is 0 Å². The van der Waals surface area contributed by atoms with Gasteiger partial charge in [-0.1, -0.05) is 13.3 Å². The summed E-state index contributed by atoms with van der Waals surface area (Å²) >= 11 is 0. The predicted octanol–water partition coefficient (Wildman–Crippen LogP) is 2.39. The first-order valence-electron chi connectivity index (χ1n) is 9.73. The van der Waals surface area contributed by atoms with E-state index in [4.69, 9.17) is 0 Å². The number of Topliss-reactive ketones (excluding diaryl/α,β-unsaturated/α-hetero) is 1. The molecule has 5 heteroatoms. The minimum Gasteiger partial charge on any atom is -0.481 e. The fourth-order valence-corrected chi connectivity index (χ4v) is 7.84. The second kappa shape index (κ2) is 5.07. The highest BCUT2D eigenvalue weighted by Crippen LogP contribution is 2.72. The van der Waals surface area contributed by atoms with Crippen molar-refractivity contribution in [1.82, 2.24) is 0 Å². The van der Waals surface area contributed by atoms with Gasteiger partial charge < -0.3 is 15.3 Å². The van der Waals surface area contributed by atoms with E-state index in [-0.39, 0.29) is 29.6 Å². The van der Waals surface area contributed by atoms with Gasteiger partial charge in [0.25, 0.3) is 0 Å². The number of carbonyl (C=O) groups excluding carboxylic acids is 1. The van der Waals surface area contributed by atoms with Gasteiger partial charge in [0.15, 0.2) is 0 Å². The molecular weight excluding hydrogens is 320 g/mol. The van der Waals surface area contributed by atoms with Crippen molar-refractivity contribution in [3.8, 4) is 0 Å². The van der Waals surface area contributed by atoms with Gasteiger partial charge in [-0.2, -0.15) is 0 Å². The predicted molar refractivity (Wildman–Crippen MR) is 90.7 cm³/mol. The van der Waals surface area contributed by atoms with Gasteiger partial charge in [0.1, 0.15) is 5.78 Å². The fraction of sp³-hybridized carbons (Fsp3) is 0.900. The molecule has 3 N–H and O–H groups in total. The summed E-state index contributed by atoms with van der Waals surface area (Å²) in [6.45, 7) is 3.84. The lowest BCUT2D eigenvalue weighted by Gasteiger charge is -2.64. The Balaban J connectivity index is 1.78. The van der Waals surface area contributed by atoms with Crippen molar-refractivity contribution in [2.24, 2.45) is 33.5 Å². The molecule has 0 radical (unpaired) electrons. The number of fused-ring (bicyclic) bond motifs is 3. The van der Waals surface area contributed by atoms with Crippen LogP contribution in [0.15, 0.2) is 0 Å². The van der Waals surface area contributed by atoms with E-state index < -0.39 is 28.3 Å². The van der Waals surface area contributed by atoms with Crippen LogP contribution in [0.3, 0.4) is 0 Å². The van der Waals surface area contributed by atoms with Gasteiger partial charge in [-0.05, 0) is 62.7 Å². The molecule has 4 rings (SSSR count). The van der Waals surface area contributed by atoms with Crippen molar-refractivity contribution in [2.45, 2.75) is 71.3 Å². The Morgan fingerprint density at radius 2 is 1.80 bits per heavy atom. The highest BCUT2D eigenvalue weighted by molar-refractivity contribution is 5.90. The zero-order valence-corrected chi connectivity index (χ0v) is 15.3. The first-order valence-corrected chi connectivity index (χ1v) is 9.73. The first-order chi connectivity index (χ1) is 11.7. The first kappa shape index (κ1) is 17.5. The minimum absolute atomic E-state index is 0.0175. The van der Waals surface area contributed by atoms with E-state index in [1.54, 1.807) is 0 Å². The molecule has 1 spiro atoms. The third-order valence-electron chi connectivity index (χ3n) is 9.13. The van der Waals surface area contributed by atoms with E-state index in [2.05, 4.69) is 6.92 Å². The Labute approximate surface area is 148 Å². The smallest absolute Gasteiger partial charge is 0.309 e. The zero-order valence-electron chi connectivity index (χ0n) is 15.3. The molecule has 2 bridgehead atoms. The molecule has 0 aliphatic heterocycles. The van der Waals surface area contributed by atoms with Crippen molar-refractivity contribution in [2.75, 3.05) is 6.61 Å². The van der Waals surface area contributed by atoms with Crippen LogP contribution in [0.1, 0.15) is 65.2 Å². The number of aliphatic hydroxyl groups excluding tert-OH is 2. The second-order valence-corrected chi connectivity index (χ2v) is 9.81. The van der Waals surface area contributed by atoms with Gasteiger partial charge in [0.05, 0.1) is 23.5 Å². The molecular formula is C20H30O5. The van der Waals surface area contributed by atoms with Gasteiger partial charge in [-0.15, -0.1) is 0 Å². The van der Waals surface area contributed by atoms with Crippen LogP contribution in [0.4, 0.5) is 0 Å². The minimum atomic E-state index is -0.968. The van der Waals surface area contributed by atoms with Gasteiger partial charge in [-0.25, -0.2) is 0 Å². The molecule has 4 aliphatic rings. The number of carboxylic acids is 1. The second-order valence-electron chi connectivity index (χ2n) is 9.81. The number of carbonyl (C=O) groups is 2. The maximum atomic E-state index is 12.8. The number of hydrogen-bond acceptors (Lipinski definition) is 4.